The van der Waals surface area contributed by atoms with Crippen LogP contribution in [0.2, 0.25) is 5.02 Å². The number of rotatable bonds is 6. The van der Waals surface area contributed by atoms with Gasteiger partial charge >= 0.3 is 0 Å². The molecule has 0 atom stereocenters. The summed E-state index contributed by atoms with van der Waals surface area (Å²) in [4.78, 5) is 0.189. The van der Waals surface area contributed by atoms with Gasteiger partial charge in [0.15, 0.2) is 0 Å². The van der Waals surface area contributed by atoms with Crippen LogP contribution in [0.25, 0.3) is 11.1 Å². The lowest BCUT2D eigenvalue weighted by Crippen LogP contribution is -2.28. The van der Waals surface area contributed by atoms with Gasteiger partial charge in [0.05, 0.1) is 30.2 Å². The highest BCUT2D eigenvalue weighted by atomic mass is 35.5. The summed E-state index contributed by atoms with van der Waals surface area (Å²) in [6.45, 7) is 2.32. The third-order valence-electron chi connectivity index (χ3n) is 3.63. The lowest BCUT2D eigenvalue weighted by Gasteiger charge is -2.10. The fourth-order valence-corrected chi connectivity index (χ4v) is 3.83. The van der Waals surface area contributed by atoms with E-state index >= 15 is 0 Å². The molecule has 0 bridgehead atoms. The molecule has 0 aliphatic carbocycles. The van der Waals surface area contributed by atoms with Crippen LogP contribution < -0.4 is 4.72 Å². The highest BCUT2D eigenvalue weighted by molar-refractivity contribution is 7.89. The summed E-state index contributed by atoms with van der Waals surface area (Å²) in [5.41, 5.74) is 2.38. The Morgan fingerprint density at radius 3 is 2.88 bits per heavy atom. The monoisotopic (exact) mass is 365 g/mol. The summed E-state index contributed by atoms with van der Waals surface area (Å²) in [7, 11) is -3.61. The Balaban J connectivity index is 1.65. The second kappa shape index (κ2) is 6.80. The zero-order valence-corrected chi connectivity index (χ0v) is 14.5. The maximum atomic E-state index is 12.4. The first-order valence-corrected chi connectivity index (χ1v) is 9.13. The van der Waals surface area contributed by atoms with E-state index in [1.54, 1.807) is 42.5 Å². The van der Waals surface area contributed by atoms with Crippen LogP contribution in [-0.4, -0.2) is 24.7 Å². The van der Waals surface area contributed by atoms with Crippen molar-refractivity contribution in [2.24, 2.45) is 0 Å². The van der Waals surface area contributed by atoms with Crippen molar-refractivity contribution in [2.75, 3.05) is 6.54 Å². The van der Waals surface area contributed by atoms with Gasteiger partial charge in [-0.3, -0.25) is 4.68 Å². The molecule has 2 heterocycles. The largest absolute Gasteiger partial charge is 0.472 e. The molecule has 3 rings (SSSR count). The van der Waals surface area contributed by atoms with E-state index in [1.165, 1.54) is 6.07 Å². The lowest BCUT2D eigenvalue weighted by molar-refractivity contribution is 0.560. The first kappa shape index (κ1) is 16.8. The van der Waals surface area contributed by atoms with E-state index in [-0.39, 0.29) is 11.4 Å². The highest BCUT2D eigenvalue weighted by Crippen LogP contribution is 2.22. The molecule has 0 saturated carbocycles. The van der Waals surface area contributed by atoms with Gasteiger partial charge < -0.3 is 4.42 Å². The van der Waals surface area contributed by atoms with E-state index in [1.807, 2.05) is 12.3 Å². The Hall–Kier alpha value is -2.09. The molecule has 2 aromatic heterocycles. The Labute approximate surface area is 145 Å². The zero-order chi connectivity index (χ0) is 17.2. The van der Waals surface area contributed by atoms with Gasteiger partial charge in [0, 0.05) is 28.9 Å². The standard InChI is InChI=1S/C16H16ClN3O3S/c1-12-15(17)3-2-4-16(12)24(21,22)19-6-7-20-10-14(9-18-20)13-5-8-23-11-13/h2-5,8-11,19H,6-7H2,1H3. The van der Waals surface area contributed by atoms with E-state index in [4.69, 9.17) is 16.0 Å². The molecular formula is C16H16ClN3O3S. The van der Waals surface area contributed by atoms with Crippen molar-refractivity contribution in [2.45, 2.75) is 18.4 Å². The predicted octanol–water partition coefficient (Wildman–Crippen LogP) is 3.08. The van der Waals surface area contributed by atoms with Gasteiger partial charge in [0.2, 0.25) is 10.0 Å². The van der Waals surface area contributed by atoms with Gasteiger partial charge in [-0.15, -0.1) is 0 Å². The fourth-order valence-electron chi connectivity index (χ4n) is 2.31. The van der Waals surface area contributed by atoms with Crippen molar-refractivity contribution >= 4 is 21.6 Å². The lowest BCUT2D eigenvalue weighted by atomic mass is 10.2. The molecule has 0 aliphatic rings. The van der Waals surface area contributed by atoms with E-state index < -0.39 is 10.0 Å². The molecular weight excluding hydrogens is 350 g/mol. The molecule has 0 amide bonds. The number of aromatic nitrogens is 2. The second-order valence-corrected chi connectivity index (χ2v) is 7.41. The number of nitrogens with one attached hydrogen (secondary N) is 1. The van der Waals surface area contributed by atoms with E-state index in [0.29, 0.717) is 17.1 Å². The fraction of sp³-hybridized carbons (Fsp3) is 0.188. The molecule has 0 aliphatic heterocycles. The van der Waals surface area contributed by atoms with E-state index in [9.17, 15) is 8.42 Å². The Kier molecular flexibility index (Phi) is 4.75. The molecule has 6 nitrogen and oxygen atoms in total. The number of halogens is 1. The summed E-state index contributed by atoms with van der Waals surface area (Å²) < 4.78 is 34.0. The predicted molar refractivity (Wildman–Crippen MR) is 91.3 cm³/mol. The third-order valence-corrected chi connectivity index (χ3v) is 5.64. The van der Waals surface area contributed by atoms with Crippen LogP contribution in [0.15, 0.2) is 58.5 Å². The maximum Gasteiger partial charge on any atom is 0.240 e. The van der Waals surface area contributed by atoms with Gasteiger partial charge in [-0.25, -0.2) is 13.1 Å². The first-order chi connectivity index (χ1) is 11.5. The van der Waals surface area contributed by atoms with Crippen LogP contribution in [0.1, 0.15) is 5.56 Å². The minimum Gasteiger partial charge on any atom is -0.472 e. The quantitative estimate of drug-likeness (QED) is 0.728. The smallest absolute Gasteiger partial charge is 0.240 e. The van der Waals surface area contributed by atoms with Crippen molar-refractivity contribution in [3.05, 3.63) is 59.8 Å². The van der Waals surface area contributed by atoms with E-state index in [2.05, 4.69) is 9.82 Å². The summed E-state index contributed by atoms with van der Waals surface area (Å²) in [5.74, 6) is 0. The van der Waals surface area contributed by atoms with Crippen molar-refractivity contribution in [1.29, 1.82) is 0 Å². The normalized spacial score (nSPS) is 11.8. The number of sulfonamides is 1. The van der Waals surface area contributed by atoms with Crippen LogP contribution in [0.4, 0.5) is 0 Å². The topological polar surface area (TPSA) is 77.1 Å². The molecule has 0 saturated heterocycles. The van der Waals surface area contributed by atoms with Crippen LogP contribution >= 0.6 is 11.6 Å². The number of hydrogen-bond donors (Lipinski definition) is 1. The van der Waals surface area contributed by atoms with Gasteiger partial charge in [0.1, 0.15) is 0 Å². The number of nitrogens with zero attached hydrogens (tertiary/aromatic N) is 2. The second-order valence-electron chi connectivity index (χ2n) is 5.26. The third kappa shape index (κ3) is 3.53. The number of benzene rings is 1. The summed E-state index contributed by atoms with van der Waals surface area (Å²) in [6.07, 6.45) is 6.77. The Morgan fingerprint density at radius 2 is 2.12 bits per heavy atom. The molecule has 126 valence electrons. The molecule has 0 fully saturated rings. The van der Waals surface area contributed by atoms with Crippen molar-refractivity contribution in [3.63, 3.8) is 0 Å². The molecule has 0 unspecified atom stereocenters. The van der Waals surface area contributed by atoms with Crippen LogP contribution in [-0.2, 0) is 16.6 Å². The molecule has 3 aromatic rings. The SMILES string of the molecule is Cc1c(Cl)cccc1S(=O)(=O)NCCn1cc(-c2ccoc2)cn1. The number of hydrogen-bond acceptors (Lipinski definition) is 4. The van der Waals surface area contributed by atoms with E-state index in [0.717, 1.165) is 11.1 Å². The average molecular weight is 366 g/mol. The van der Waals surface area contributed by atoms with Crippen LogP contribution in [0, 0.1) is 6.92 Å². The summed E-state index contributed by atoms with van der Waals surface area (Å²) >= 11 is 5.99. The van der Waals surface area contributed by atoms with Crippen molar-refractivity contribution in [1.82, 2.24) is 14.5 Å². The van der Waals surface area contributed by atoms with Gasteiger partial charge in [-0.05, 0) is 30.7 Å². The molecule has 24 heavy (non-hydrogen) atoms. The minimum absolute atomic E-state index is 0.189. The molecule has 0 spiro atoms. The minimum atomic E-state index is -3.61. The average Bonchev–Trinajstić information content (AvgIpc) is 3.20. The first-order valence-electron chi connectivity index (χ1n) is 7.27. The molecule has 1 aromatic carbocycles. The van der Waals surface area contributed by atoms with Crippen LogP contribution in [0.5, 0.6) is 0 Å². The van der Waals surface area contributed by atoms with Gasteiger partial charge in [-0.1, -0.05) is 17.7 Å². The maximum absolute atomic E-state index is 12.4. The summed E-state index contributed by atoms with van der Waals surface area (Å²) in [5, 5.41) is 4.64. The van der Waals surface area contributed by atoms with Crippen molar-refractivity contribution < 1.29 is 12.8 Å². The highest BCUT2D eigenvalue weighted by Gasteiger charge is 2.17. The summed E-state index contributed by atoms with van der Waals surface area (Å²) in [6, 6.07) is 6.66. The number of furan rings is 1. The molecule has 8 heteroatoms. The molecule has 0 radical (unpaired) electrons. The van der Waals surface area contributed by atoms with Gasteiger partial charge in [-0.2, -0.15) is 5.10 Å². The Bertz CT molecular complexity index is 933. The van der Waals surface area contributed by atoms with Crippen molar-refractivity contribution in [3.8, 4) is 11.1 Å². The molecule has 1 N–H and O–H groups in total. The Morgan fingerprint density at radius 1 is 1.29 bits per heavy atom. The zero-order valence-electron chi connectivity index (χ0n) is 12.9. The van der Waals surface area contributed by atoms with Crippen LogP contribution in [0.3, 0.4) is 0 Å². The van der Waals surface area contributed by atoms with Gasteiger partial charge in [0.25, 0.3) is 0 Å².